The Morgan fingerprint density at radius 2 is 2.28 bits per heavy atom. The smallest absolute Gasteiger partial charge is 0.254 e. The molecule has 4 heterocycles. The molecule has 1 N–H and O–H groups in total. The van der Waals surface area contributed by atoms with Crippen LogP contribution in [0.5, 0.6) is 0 Å². The highest BCUT2D eigenvalue weighted by molar-refractivity contribution is 6.04. The zero-order valence-corrected chi connectivity index (χ0v) is 16.8. The predicted molar refractivity (Wildman–Crippen MR) is 110 cm³/mol. The average Bonchev–Trinajstić information content (AvgIpc) is 3.34. The SMILES string of the molecule is C=CC(=C)N1CCC[C@@H](N(C)c2nc(-c3cnn(C)c3)c3c(c2F)CNC3=O)C1. The lowest BCUT2D eigenvalue weighted by Crippen LogP contribution is -2.46. The molecule has 4 rings (SSSR count). The molecule has 0 unspecified atom stereocenters. The first-order chi connectivity index (χ1) is 13.9. The lowest BCUT2D eigenvalue weighted by atomic mass is 10.0. The number of likely N-dealkylation sites (tertiary alicyclic amines) is 1. The number of allylic oxidation sites excluding steroid dienone is 1. The van der Waals surface area contributed by atoms with Crippen LogP contribution in [0.15, 0.2) is 37.3 Å². The molecular weight excluding hydrogens is 371 g/mol. The summed E-state index contributed by atoms with van der Waals surface area (Å²) in [5.74, 6) is -0.478. The lowest BCUT2D eigenvalue weighted by Gasteiger charge is -2.39. The Morgan fingerprint density at radius 1 is 1.48 bits per heavy atom. The van der Waals surface area contributed by atoms with Crippen LogP contribution < -0.4 is 10.2 Å². The maximum absolute atomic E-state index is 15.4. The van der Waals surface area contributed by atoms with E-state index in [0.29, 0.717) is 22.4 Å². The standard InChI is InChI=1S/C21H25FN6O/c1-5-13(2)28-8-6-7-15(12-28)27(4)20-18(22)16-10-23-21(29)17(16)19(25-20)14-9-24-26(3)11-14/h5,9,11,15H,1-2,6-8,10,12H2,3-4H3,(H,23,29)/t15-/m1/s1. The Morgan fingerprint density at radius 3 is 2.97 bits per heavy atom. The third kappa shape index (κ3) is 3.28. The summed E-state index contributed by atoms with van der Waals surface area (Å²) in [6, 6.07) is 0.0762. The fraction of sp³-hybridized carbons (Fsp3) is 0.381. The zero-order valence-electron chi connectivity index (χ0n) is 16.8. The monoisotopic (exact) mass is 396 g/mol. The summed E-state index contributed by atoms with van der Waals surface area (Å²) in [6.45, 7) is 9.63. The number of piperidine rings is 1. The van der Waals surface area contributed by atoms with Crippen LogP contribution in [0.4, 0.5) is 10.2 Å². The molecule has 8 heteroatoms. The van der Waals surface area contributed by atoms with Gasteiger partial charge in [-0.2, -0.15) is 5.10 Å². The number of nitrogens with one attached hydrogen (secondary N) is 1. The second-order valence-corrected chi connectivity index (χ2v) is 7.59. The molecule has 0 radical (unpaired) electrons. The molecule has 0 aromatic carbocycles. The van der Waals surface area contributed by atoms with Gasteiger partial charge in [-0.15, -0.1) is 0 Å². The van der Waals surface area contributed by atoms with Crippen LogP contribution in [0.25, 0.3) is 11.3 Å². The summed E-state index contributed by atoms with van der Waals surface area (Å²) in [6.07, 6.45) is 7.08. The minimum atomic E-state index is -0.437. The Balaban J connectivity index is 1.75. The number of carbonyl (C=O) groups excluding carboxylic acids is 1. The summed E-state index contributed by atoms with van der Waals surface area (Å²) < 4.78 is 17.1. The van der Waals surface area contributed by atoms with E-state index in [-0.39, 0.29) is 24.3 Å². The number of fused-ring (bicyclic) bond motifs is 1. The highest BCUT2D eigenvalue weighted by Gasteiger charge is 2.33. The molecule has 2 aliphatic heterocycles. The molecule has 2 aromatic heterocycles. The van der Waals surface area contributed by atoms with Crippen molar-refractivity contribution in [2.24, 2.45) is 7.05 Å². The Bertz CT molecular complexity index is 997. The van der Waals surface area contributed by atoms with Gasteiger partial charge in [0.2, 0.25) is 0 Å². The molecule has 1 amide bonds. The van der Waals surface area contributed by atoms with Gasteiger partial charge in [-0.1, -0.05) is 13.2 Å². The number of pyridine rings is 1. The van der Waals surface area contributed by atoms with Crippen LogP contribution in [-0.4, -0.2) is 51.8 Å². The van der Waals surface area contributed by atoms with Crippen molar-refractivity contribution in [3.8, 4) is 11.3 Å². The molecule has 29 heavy (non-hydrogen) atoms. The van der Waals surface area contributed by atoms with Crippen LogP contribution >= 0.6 is 0 Å². The average molecular weight is 396 g/mol. The van der Waals surface area contributed by atoms with Crippen molar-refractivity contribution in [1.29, 1.82) is 0 Å². The Hall–Kier alpha value is -3.16. The minimum Gasteiger partial charge on any atom is -0.370 e. The highest BCUT2D eigenvalue weighted by atomic mass is 19.1. The van der Waals surface area contributed by atoms with Gasteiger partial charge in [-0.05, 0) is 18.9 Å². The molecule has 0 aliphatic carbocycles. The number of nitrogens with zero attached hydrogens (tertiary/aromatic N) is 5. The number of carbonyl (C=O) groups is 1. The van der Waals surface area contributed by atoms with Gasteiger partial charge in [0, 0.05) is 62.8 Å². The van der Waals surface area contributed by atoms with Gasteiger partial charge in [0.15, 0.2) is 11.6 Å². The zero-order chi connectivity index (χ0) is 20.7. The van der Waals surface area contributed by atoms with Crippen molar-refractivity contribution in [2.45, 2.75) is 25.4 Å². The van der Waals surface area contributed by atoms with E-state index < -0.39 is 5.82 Å². The fourth-order valence-electron chi connectivity index (χ4n) is 4.09. The molecule has 7 nitrogen and oxygen atoms in total. The van der Waals surface area contributed by atoms with E-state index >= 15 is 4.39 Å². The summed E-state index contributed by atoms with van der Waals surface area (Å²) in [5, 5.41) is 6.90. The number of hydrogen-bond acceptors (Lipinski definition) is 5. The van der Waals surface area contributed by atoms with Gasteiger partial charge in [-0.25, -0.2) is 9.37 Å². The first kappa shape index (κ1) is 19.2. The number of anilines is 1. The fourth-order valence-corrected chi connectivity index (χ4v) is 4.09. The first-order valence-electron chi connectivity index (χ1n) is 9.69. The molecule has 1 fully saturated rings. The molecule has 2 aliphatic rings. The number of halogens is 1. The molecule has 0 saturated carbocycles. The summed E-state index contributed by atoms with van der Waals surface area (Å²) in [4.78, 5) is 21.0. The topological polar surface area (TPSA) is 66.3 Å². The second-order valence-electron chi connectivity index (χ2n) is 7.59. The quantitative estimate of drug-likeness (QED) is 0.787. The van der Waals surface area contributed by atoms with Crippen molar-refractivity contribution in [3.05, 3.63) is 54.3 Å². The minimum absolute atomic E-state index is 0.0762. The first-order valence-corrected chi connectivity index (χ1v) is 9.69. The second kappa shape index (κ2) is 7.35. The van der Waals surface area contributed by atoms with E-state index in [4.69, 9.17) is 0 Å². The molecule has 1 saturated heterocycles. The molecule has 1 atom stereocenters. The van der Waals surface area contributed by atoms with E-state index in [1.165, 1.54) is 0 Å². The predicted octanol–water partition coefficient (Wildman–Crippen LogP) is 2.46. The van der Waals surface area contributed by atoms with Crippen LogP contribution in [0.1, 0.15) is 28.8 Å². The summed E-state index contributed by atoms with van der Waals surface area (Å²) >= 11 is 0. The maximum atomic E-state index is 15.4. The van der Waals surface area contributed by atoms with Gasteiger partial charge >= 0.3 is 0 Å². The van der Waals surface area contributed by atoms with Crippen LogP contribution in [0, 0.1) is 5.82 Å². The van der Waals surface area contributed by atoms with Crippen LogP contribution in [-0.2, 0) is 13.6 Å². The normalized spacial score (nSPS) is 18.4. The maximum Gasteiger partial charge on any atom is 0.254 e. The number of amides is 1. The van der Waals surface area contributed by atoms with Crippen molar-refractivity contribution < 1.29 is 9.18 Å². The number of rotatable bonds is 5. The number of aromatic nitrogens is 3. The van der Waals surface area contributed by atoms with Gasteiger partial charge in [0.25, 0.3) is 5.91 Å². The largest absolute Gasteiger partial charge is 0.370 e. The van der Waals surface area contributed by atoms with Gasteiger partial charge in [-0.3, -0.25) is 9.48 Å². The highest BCUT2D eigenvalue weighted by Crippen LogP contribution is 2.35. The Kier molecular flexibility index (Phi) is 4.86. The van der Waals surface area contributed by atoms with Crippen molar-refractivity contribution in [1.82, 2.24) is 25.0 Å². The van der Waals surface area contributed by atoms with Gasteiger partial charge in [0.1, 0.15) is 0 Å². The third-order valence-corrected chi connectivity index (χ3v) is 5.77. The van der Waals surface area contributed by atoms with E-state index in [0.717, 1.165) is 31.6 Å². The number of hydrogen-bond donors (Lipinski definition) is 1. The summed E-state index contributed by atoms with van der Waals surface area (Å²) in [5.41, 5.74) is 2.71. The molecule has 152 valence electrons. The molecule has 0 spiro atoms. The van der Waals surface area contributed by atoms with Crippen LogP contribution in [0.2, 0.25) is 0 Å². The molecular formula is C21H25FN6O. The molecule has 2 aromatic rings. The van der Waals surface area contributed by atoms with Gasteiger partial charge < -0.3 is 15.1 Å². The van der Waals surface area contributed by atoms with Crippen molar-refractivity contribution >= 4 is 11.7 Å². The van der Waals surface area contributed by atoms with E-state index in [1.807, 2.05) is 11.9 Å². The van der Waals surface area contributed by atoms with Crippen molar-refractivity contribution in [2.75, 3.05) is 25.0 Å². The van der Waals surface area contributed by atoms with Gasteiger partial charge in [0.05, 0.1) is 17.5 Å². The van der Waals surface area contributed by atoms with E-state index in [2.05, 4.69) is 33.5 Å². The van der Waals surface area contributed by atoms with Crippen molar-refractivity contribution in [3.63, 3.8) is 0 Å². The summed E-state index contributed by atoms with van der Waals surface area (Å²) in [7, 11) is 3.66. The van der Waals surface area contributed by atoms with Crippen LogP contribution in [0.3, 0.4) is 0 Å². The van der Waals surface area contributed by atoms with E-state index in [1.54, 1.807) is 30.2 Å². The third-order valence-electron chi connectivity index (χ3n) is 5.77. The Labute approximate surface area is 169 Å². The lowest BCUT2D eigenvalue weighted by molar-refractivity contribution is 0.0966. The van der Waals surface area contributed by atoms with E-state index in [9.17, 15) is 4.79 Å². The number of likely N-dealkylation sites (N-methyl/N-ethyl adjacent to an activating group) is 1. The number of aryl methyl sites for hydroxylation is 1. The molecule has 0 bridgehead atoms.